The molecule has 5 rings (SSSR count). The second-order valence-corrected chi connectivity index (χ2v) is 9.99. The summed E-state index contributed by atoms with van der Waals surface area (Å²) in [6.45, 7) is -1.28. The van der Waals surface area contributed by atoms with Gasteiger partial charge in [-0.05, 0) is 18.2 Å². The van der Waals surface area contributed by atoms with E-state index in [9.17, 15) is 50.8 Å². The van der Waals surface area contributed by atoms with Crippen molar-refractivity contribution in [3.05, 3.63) is 40.6 Å². The van der Waals surface area contributed by atoms with Crippen LogP contribution in [0.3, 0.4) is 0 Å². The largest absolute Gasteiger partial charge is 0.508 e. The molecular formula is C27H30O16. The van der Waals surface area contributed by atoms with Crippen LogP contribution in [-0.2, 0) is 14.2 Å². The third-order valence-electron chi connectivity index (χ3n) is 7.16. The number of rotatable bonds is 7. The molecule has 9 atom stereocenters. The van der Waals surface area contributed by atoms with Crippen molar-refractivity contribution in [2.45, 2.75) is 55.3 Å². The van der Waals surface area contributed by atoms with Gasteiger partial charge in [0.1, 0.15) is 59.1 Å². The molecule has 0 amide bonds. The molecule has 43 heavy (non-hydrogen) atoms. The highest BCUT2D eigenvalue weighted by molar-refractivity contribution is 5.88. The summed E-state index contributed by atoms with van der Waals surface area (Å²) < 4.78 is 33.4. The summed E-state index contributed by atoms with van der Waals surface area (Å²) in [5.74, 6) is -2.34. The number of phenolic OH excluding ortho intramolecular Hbond substituents is 3. The van der Waals surface area contributed by atoms with Gasteiger partial charge >= 0.3 is 0 Å². The van der Waals surface area contributed by atoms with Crippen LogP contribution in [-0.4, -0.2) is 122 Å². The summed E-state index contributed by atoms with van der Waals surface area (Å²) in [6.07, 6.45) is -15.3. The number of benzene rings is 2. The fourth-order valence-corrected chi connectivity index (χ4v) is 4.85. The minimum absolute atomic E-state index is 0.0249. The maximum Gasteiger partial charge on any atom is 0.239 e. The van der Waals surface area contributed by atoms with E-state index in [1.54, 1.807) is 0 Å². The van der Waals surface area contributed by atoms with Gasteiger partial charge in [-0.25, -0.2) is 0 Å². The van der Waals surface area contributed by atoms with E-state index < -0.39 is 96.6 Å². The topological polar surface area (TPSA) is 258 Å². The second-order valence-electron chi connectivity index (χ2n) is 9.99. The molecule has 0 spiro atoms. The summed E-state index contributed by atoms with van der Waals surface area (Å²) in [5.41, 5.74) is -1.15. The van der Waals surface area contributed by atoms with E-state index in [1.807, 2.05) is 0 Å². The van der Waals surface area contributed by atoms with Gasteiger partial charge < -0.3 is 74.1 Å². The van der Waals surface area contributed by atoms with E-state index in [2.05, 4.69) is 0 Å². The van der Waals surface area contributed by atoms with Crippen molar-refractivity contribution in [1.82, 2.24) is 0 Å². The van der Waals surface area contributed by atoms with Gasteiger partial charge in [0.15, 0.2) is 29.7 Å². The average Bonchev–Trinajstić information content (AvgIpc) is 2.97. The lowest BCUT2D eigenvalue weighted by Crippen LogP contribution is -2.64. The van der Waals surface area contributed by atoms with Crippen LogP contribution >= 0.6 is 0 Å². The number of hydrogen-bond donors (Lipinski definition) is 9. The molecule has 3 heterocycles. The van der Waals surface area contributed by atoms with Crippen molar-refractivity contribution in [2.24, 2.45) is 0 Å². The molecule has 0 aliphatic carbocycles. The van der Waals surface area contributed by atoms with Crippen molar-refractivity contribution in [3.8, 4) is 40.1 Å². The predicted octanol–water partition coefficient (Wildman–Crippen LogP) is -1.77. The molecule has 234 valence electrons. The molecule has 2 saturated heterocycles. The molecule has 2 aliphatic heterocycles. The molecule has 2 fully saturated rings. The Balaban J connectivity index is 1.63. The molecular weight excluding hydrogens is 580 g/mol. The van der Waals surface area contributed by atoms with Crippen LogP contribution in [0.1, 0.15) is 0 Å². The first-order valence-corrected chi connectivity index (χ1v) is 13.0. The maximum absolute atomic E-state index is 13.8. The minimum atomic E-state index is -1.88. The van der Waals surface area contributed by atoms with Gasteiger partial charge in [0.05, 0.1) is 20.3 Å². The van der Waals surface area contributed by atoms with Crippen LogP contribution < -0.4 is 14.9 Å². The first kappa shape index (κ1) is 30.7. The zero-order chi connectivity index (χ0) is 31.2. The van der Waals surface area contributed by atoms with Crippen LogP contribution in [0.15, 0.2) is 39.5 Å². The number of fused-ring (bicyclic) bond motifs is 1. The van der Waals surface area contributed by atoms with Gasteiger partial charge in [0.2, 0.25) is 17.5 Å². The summed E-state index contributed by atoms with van der Waals surface area (Å²) in [5, 5.41) is 91.5. The van der Waals surface area contributed by atoms with Gasteiger partial charge in [-0.15, -0.1) is 0 Å². The van der Waals surface area contributed by atoms with Gasteiger partial charge in [-0.2, -0.15) is 0 Å². The van der Waals surface area contributed by atoms with Crippen molar-refractivity contribution >= 4 is 11.0 Å². The minimum Gasteiger partial charge on any atom is -0.508 e. The fourth-order valence-electron chi connectivity index (χ4n) is 4.85. The molecule has 16 nitrogen and oxygen atoms in total. The average molecular weight is 611 g/mol. The fraction of sp³-hybridized carbons (Fsp3) is 0.444. The summed E-state index contributed by atoms with van der Waals surface area (Å²) >= 11 is 0. The Hall–Kier alpha value is -3.71. The lowest BCUT2D eigenvalue weighted by Gasteiger charge is -2.44. The van der Waals surface area contributed by atoms with E-state index >= 15 is 0 Å². The lowest BCUT2D eigenvalue weighted by molar-refractivity contribution is -0.345. The third kappa shape index (κ3) is 5.67. The standard InChI is InChI=1S/C27H30O16/c1-38-14-4-9(2-3-11(14)30)23-24(20(35)17-12(31)5-10(29)6-15(17)40-23)42-27-25(21(36)19(34)16(7-28)41-27)43-26-22(37)18(33)13(32)8-39-26/h2-6,13,16,18-19,21-22,25-34,36-37H,7-8H2,1H3/t13-,16-,18+,19-,21-,22+,25+,26+,27-/m0/s1. The first-order valence-electron chi connectivity index (χ1n) is 13.0. The highest BCUT2D eigenvalue weighted by atomic mass is 16.8. The van der Waals surface area contributed by atoms with Crippen LogP contribution in [0.2, 0.25) is 0 Å². The SMILES string of the molecule is COc1cc(-c2oc3cc(O)cc(O)c3c(=O)c2O[C@@H]2O[C@@H](CO)[C@H](O)[C@H](O)[C@H]2O[C@H]2OC[C@H](O)[C@@H](O)[C@H]2O)ccc1O. The molecule has 16 heteroatoms. The van der Waals surface area contributed by atoms with E-state index in [1.165, 1.54) is 25.3 Å². The summed E-state index contributed by atoms with van der Waals surface area (Å²) in [6, 6.07) is 5.81. The molecule has 9 N–H and O–H groups in total. The lowest BCUT2D eigenvalue weighted by atomic mass is 9.98. The number of phenols is 3. The van der Waals surface area contributed by atoms with Gasteiger partial charge in [-0.1, -0.05) is 0 Å². The molecule has 3 aromatic rings. The normalized spacial score (nSPS) is 31.2. The van der Waals surface area contributed by atoms with Crippen LogP contribution in [0.5, 0.6) is 28.7 Å². The van der Waals surface area contributed by atoms with Crippen LogP contribution in [0, 0.1) is 0 Å². The van der Waals surface area contributed by atoms with Crippen LogP contribution in [0.25, 0.3) is 22.3 Å². The second kappa shape index (κ2) is 12.1. The first-order chi connectivity index (χ1) is 20.4. The molecule has 0 radical (unpaired) electrons. The Morgan fingerprint density at radius 3 is 2.35 bits per heavy atom. The number of aliphatic hydroxyl groups excluding tert-OH is 6. The highest BCUT2D eigenvalue weighted by Gasteiger charge is 2.50. The van der Waals surface area contributed by atoms with Crippen molar-refractivity contribution in [2.75, 3.05) is 20.3 Å². The molecule has 2 aliphatic rings. The van der Waals surface area contributed by atoms with Gasteiger partial charge in [0, 0.05) is 17.7 Å². The molecule has 0 saturated carbocycles. The van der Waals surface area contributed by atoms with Crippen molar-refractivity contribution in [3.63, 3.8) is 0 Å². The van der Waals surface area contributed by atoms with E-state index in [0.717, 1.165) is 12.1 Å². The van der Waals surface area contributed by atoms with E-state index in [4.69, 9.17) is 28.1 Å². The Kier molecular flexibility index (Phi) is 8.66. The quantitative estimate of drug-likeness (QED) is 0.143. The van der Waals surface area contributed by atoms with Crippen molar-refractivity contribution < 1.29 is 74.1 Å². The van der Waals surface area contributed by atoms with Crippen LogP contribution in [0.4, 0.5) is 0 Å². The number of aromatic hydroxyl groups is 3. The summed E-state index contributed by atoms with van der Waals surface area (Å²) in [7, 11) is 1.28. The van der Waals surface area contributed by atoms with Gasteiger partial charge in [0.25, 0.3) is 0 Å². The molecule has 0 bridgehead atoms. The Bertz CT molecular complexity index is 1520. The maximum atomic E-state index is 13.8. The number of ether oxygens (including phenoxy) is 5. The number of methoxy groups -OCH3 is 1. The van der Waals surface area contributed by atoms with E-state index in [-0.39, 0.29) is 28.4 Å². The van der Waals surface area contributed by atoms with Gasteiger partial charge in [-0.3, -0.25) is 4.79 Å². The molecule has 0 unspecified atom stereocenters. The monoisotopic (exact) mass is 610 g/mol. The third-order valence-corrected chi connectivity index (χ3v) is 7.16. The smallest absolute Gasteiger partial charge is 0.239 e. The highest BCUT2D eigenvalue weighted by Crippen LogP contribution is 2.40. The molecule has 1 aromatic heterocycles. The molecule has 2 aromatic carbocycles. The zero-order valence-corrected chi connectivity index (χ0v) is 22.4. The summed E-state index contributed by atoms with van der Waals surface area (Å²) in [4.78, 5) is 13.8. The Morgan fingerprint density at radius 2 is 1.65 bits per heavy atom. The number of aliphatic hydroxyl groups is 6. The Morgan fingerprint density at radius 1 is 0.907 bits per heavy atom. The Labute approximate surface area is 241 Å². The van der Waals surface area contributed by atoms with Crippen molar-refractivity contribution in [1.29, 1.82) is 0 Å². The zero-order valence-electron chi connectivity index (χ0n) is 22.4. The predicted molar refractivity (Wildman–Crippen MR) is 140 cm³/mol. The van der Waals surface area contributed by atoms with E-state index in [0.29, 0.717) is 0 Å². The number of hydrogen-bond acceptors (Lipinski definition) is 16.